The summed E-state index contributed by atoms with van der Waals surface area (Å²) in [5, 5.41) is 2.63. The van der Waals surface area contributed by atoms with Gasteiger partial charge in [-0.2, -0.15) is 0 Å². The Morgan fingerprint density at radius 3 is 1.60 bits per heavy atom. The van der Waals surface area contributed by atoms with Crippen molar-refractivity contribution in [3.8, 4) is 22.3 Å². The van der Waals surface area contributed by atoms with Gasteiger partial charge in [-0.25, -0.2) is 0 Å². The number of nitrogens with zero attached hydrogens (tertiary/aromatic N) is 1. The number of hydrogen-bond donors (Lipinski definition) is 0. The van der Waals surface area contributed by atoms with Gasteiger partial charge in [0, 0.05) is 22.5 Å². The van der Waals surface area contributed by atoms with Crippen LogP contribution in [0.2, 0.25) is 0 Å². The van der Waals surface area contributed by atoms with E-state index in [1.165, 1.54) is 84.1 Å². The number of rotatable bonds is 8. The van der Waals surface area contributed by atoms with E-state index in [4.69, 9.17) is 0 Å². The van der Waals surface area contributed by atoms with E-state index in [1.807, 2.05) is 0 Å². The Balaban J connectivity index is 0.000000184. The summed E-state index contributed by atoms with van der Waals surface area (Å²) in [4.78, 5) is 2.37. The van der Waals surface area contributed by atoms with Crippen LogP contribution in [0.5, 0.6) is 0 Å². The lowest BCUT2D eigenvalue weighted by Crippen LogP contribution is -2.16. The Labute approximate surface area is 376 Å². The van der Waals surface area contributed by atoms with Crippen molar-refractivity contribution in [2.24, 2.45) is 0 Å². The maximum Gasteiger partial charge on any atom is 0.0465 e. The van der Waals surface area contributed by atoms with E-state index in [9.17, 15) is 0 Å². The van der Waals surface area contributed by atoms with Gasteiger partial charge in [-0.1, -0.05) is 221 Å². The molecule has 0 bridgehead atoms. The highest BCUT2D eigenvalue weighted by atomic mass is 15.1. The molecular weight excluding hydrogens is 759 g/mol. The maximum absolute atomic E-state index is 2.41. The lowest BCUT2D eigenvalue weighted by molar-refractivity contribution is 0.661. The molecule has 0 N–H and O–H groups in total. The van der Waals surface area contributed by atoms with E-state index >= 15 is 0 Å². The van der Waals surface area contributed by atoms with Gasteiger partial charge in [0.25, 0.3) is 0 Å². The second-order valence-corrected chi connectivity index (χ2v) is 17.5. The summed E-state index contributed by atoms with van der Waals surface area (Å²) >= 11 is 0. The highest BCUT2D eigenvalue weighted by Crippen LogP contribution is 2.53. The van der Waals surface area contributed by atoms with E-state index in [2.05, 4.69) is 265 Å². The standard InChI is InChI=1S/C38H31N.C14H14.C10H14/c1-26-13-15-27(16-14-26)28-17-20-31(21-18-28)39(30-10-5-4-6-11-30)32-22-23-34-36(25-32)38(2,3)35-24-19-29-9-7-8-12-33(29)37(34)35;1-12-7-9-14(10-8-12)11-13-5-3-2-4-6-13;1-3-9(2)10-7-5-4-6-8-10/h4-25H,1-3H3;2-10H,11H2,1H3;4-9H,3H2,1-2H3. The van der Waals surface area contributed by atoms with Gasteiger partial charge in [-0.3, -0.25) is 0 Å². The highest BCUT2D eigenvalue weighted by molar-refractivity contribution is 6.03. The van der Waals surface area contributed by atoms with Crippen LogP contribution in [0.1, 0.15) is 79.0 Å². The summed E-state index contributed by atoms with van der Waals surface area (Å²) < 4.78 is 0. The number of benzene rings is 9. The fourth-order valence-electron chi connectivity index (χ4n) is 8.76. The summed E-state index contributed by atoms with van der Waals surface area (Å²) in [6.45, 7) is 13.4. The molecule has 9 aromatic carbocycles. The van der Waals surface area contributed by atoms with Crippen molar-refractivity contribution in [3.63, 3.8) is 0 Å². The summed E-state index contributed by atoms with van der Waals surface area (Å²) in [5.41, 5.74) is 18.2. The molecular formula is C62H59N. The molecule has 312 valence electrons. The van der Waals surface area contributed by atoms with E-state index in [0.717, 1.165) is 17.8 Å². The second-order valence-electron chi connectivity index (χ2n) is 17.5. The number of aryl methyl sites for hydroxylation is 2. The zero-order valence-electron chi connectivity index (χ0n) is 37.7. The Morgan fingerprint density at radius 2 is 0.968 bits per heavy atom. The first-order valence-electron chi connectivity index (χ1n) is 22.5. The van der Waals surface area contributed by atoms with Crippen molar-refractivity contribution in [2.45, 2.75) is 65.7 Å². The Kier molecular flexibility index (Phi) is 13.2. The van der Waals surface area contributed by atoms with Crippen LogP contribution in [-0.2, 0) is 11.8 Å². The molecule has 0 heterocycles. The smallest absolute Gasteiger partial charge is 0.0465 e. The molecule has 63 heavy (non-hydrogen) atoms. The van der Waals surface area contributed by atoms with Crippen LogP contribution >= 0.6 is 0 Å². The minimum atomic E-state index is -0.0810. The minimum absolute atomic E-state index is 0.0810. The molecule has 0 aromatic heterocycles. The normalized spacial score (nSPS) is 12.5. The second kappa shape index (κ2) is 19.4. The number of anilines is 3. The average Bonchev–Trinajstić information content (AvgIpc) is 3.57. The molecule has 1 aliphatic rings. The van der Waals surface area contributed by atoms with Gasteiger partial charge in [-0.05, 0) is 130 Å². The molecule has 10 rings (SSSR count). The SMILES string of the molecule is CCC(C)c1ccccc1.Cc1ccc(-c2ccc(N(c3ccccc3)c3ccc4c(c3)C(C)(C)c3ccc5ccccc5c3-4)cc2)cc1.Cc1ccc(Cc2ccccc2)cc1. The van der Waals surface area contributed by atoms with Gasteiger partial charge in [0.2, 0.25) is 0 Å². The molecule has 1 unspecified atom stereocenters. The predicted molar refractivity (Wildman–Crippen MR) is 272 cm³/mol. The van der Waals surface area contributed by atoms with Gasteiger partial charge in [0.15, 0.2) is 0 Å². The maximum atomic E-state index is 2.41. The quantitative estimate of drug-likeness (QED) is 0.148. The van der Waals surface area contributed by atoms with Gasteiger partial charge in [0.1, 0.15) is 0 Å². The van der Waals surface area contributed by atoms with E-state index in [-0.39, 0.29) is 5.41 Å². The van der Waals surface area contributed by atoms with Crippen molar-refractivity contribution >= 4 is 27.8 Å². The van der Waals surface area contributed by atoms with Crippen LogP contribution < -0.4 is 4.90 Å². The van der Waals surface area contributed by atoms with Gasteiger partial charge >= 0.3 is 0 Å². The summed E-state index contributed by atoms with van der Waals surface area (Å²) in [6, 6.07) is 78.7. The van der Waals surface area contributed by atoms with Crippen LogP contribution in [0.3, 0.4) is 0 Å². The van der Waals surface area contributed by atoms with Crippen LogP contribution in [0, 0.1) is 13.8 Å². The summed E-state index contributed by atoms with van der Waals surface area (Å²) in [5.74, 6) is 0.709. The molecule has 1 aliphatic carbocycles. The Hall–Kier alpha value is -6.96. The number of fused-ring (bicyclic) bond motifs is 5. The number of hydrogen-bond acceptors (Lipinski definition) is 1. The number of para-hydroxylation sites is 1. The van der Waals surface area contributed by atoms with Gasteiger partial charge in [-0.15, -0.1) is 0 Å². The molecule has 1 nitrogen and oxygen atoms in total. The molecule has 0 fully saturated rings. The summed E-state index contributed by atoms with van der Waals surface area (Å²) in [6.07, 6.45) is 2.26. The zero-order chi connectivity index (χ0) is 43.8. The first-order valence-corrected chi connectivity index (χ1v) is 22.5. The third-order valence-corrected chi connectivity index (χ3v) is 12.7. The molecule has 0 aliphatic heterocycles. The molecule has 0 amide bonds. The Morgan fingerprint density at radius 1 is 0.460 bits per heavy atom. The molecule has 0 saturated carbocycles. The zero-order valence-corrected chi connectivity index (χ0v) is 37.7. The Bertz CT molecular complexity index is 2860. The lowest BCUT2D eigenvalue weighted by atomic mass is 9.82. The first kappa shape index (κ1) is 42.7. The van der Waals surface area contributed by atoms with E-state index < -0.39 is 0 Å². The van der Waals surface area contributed by atoms with E-state index in [1.54, 1.807) is 0 Å². The molecule has 1 heteroatoms. The monoisotopic (exact) mass is 817 g/mol. The molecule has 0 saturated heterocycles. The van der Waals surface area contributed by atoms with Crippen LogP contribution in [-0.4, -0.2) is 0 Å². The topological polar surface area (TPSA) is 3.24 Å². The van der Waals surface area contributed by atoms with Crippen molar-refractivity contribution in [1.29, 1.82) is 0 Å². The highest BCUT2D eigenvalue weighted by Gasteiger charge is 2.37. The largest absolute Gasteiger partial charge is 0.310 e. The van der Waals surface area contributed by atoms with Gasteiger partial charge < -0.3 is 4.90 Å². The first-order chi connectivity index (χ1) is 30.7. The van der Waals surface area contributed by atoms with Crippen molar-refractivity contribution in [3.05, 3.63) is 257 Å². The van der Waals surface area contributed by atoms with Crippen molar-refractivity contribution in [1.82, 2.24) is 0 Å². The van der Waals surface area contributed by atoms with Crippen LogP contribution in [0.4, 0.5) is 17.1 Å². The minimum Gasteiger partial charge on any atom is -0.310 e. The van der Waals surface area contributed by atoms with E-state index in [0.29, 0.717) is 5.92 Å². The summed E-state index contributed by atoms with van der Waals surface area (Å²) in [7, 11) is 0. The molecule has 9 aromatic rings. The molecule has 0 radical (unpaired) electrons. The lowest BCUT2D eigenvalue weighted by Gasteiger charge is -2.28. The van der Waals surface area contributed by atoms with Crippen molar-refractivity contribution in [2.75, 3.05) is 4.90 Å². The van der Waals surface area contributed by atoms with Gasteiger partial charge in [0.05, 0.1) is 0 Å². The fourth-order valence-corrected chi connectivity index (χ4v) is 8.76. The van der Waals surface area contributed by atoms with Crippen LogP contribution in [0.15, 0.2) is 218 Å². The fraction of sp³-hybridized carbons (Fsp3) is 0.161. The van der Waals surface area contributed by atoms with Crippen LogP contribution in [0.25, 0.3) is 33.0 Å². The predicted octanol–water partition coefficient (Wildman–Crippen LogP) is 17.4. The van der Waals surface area contributed by atoms with Crippen molar-refractivity contribution < 1.29 is 0 Å². The third-order valence-electron chi connectivity index (χ3n) is 12.7. The molecule has 1 atom stereocenters. The molecule has 0 spiro atoms. The third kappa shape index (κ3) is 9.75. The average molecular weight is 818 g/mol.